The zero-order chi connectivity index (χ0) is 15.9. The van der Waals surface area contributed by atoms with Crippen LogP contribution in [0.4, 0.5) is 0 Å². The number of benzene rings is 1. The standard InChI is InChI=1S/C15H18N2O5.ClH/c1-17-10-2-3-11(17)7-9(6-10)16-22-15(21)8-4-12(18)14(20)13(19)5-8;/h4-5,10-11,18-20H,2-3,6-7H2,1H3;1H. The van der Waals surface area contributed by atoms with Crippen LogP contribution in [0.15, 0.2) is 17.3 Å². The number of carbonyl (C=O) groups excluding carboxylic acids is 1. The fourth-order valence-corrected chi connectivity index (χ4v) is 3.16. The lowest BCUT2D eigenvalue weighted by atomic mass is 10.0. The monoisotopic (exact) mass is 342 g/mol. The molecule has 23 heavy (non-hydrogen) atoms. The summed E-state index contributed by atoms with van der Waals surface area (Å²) < 4.78 is 0. The Hall–Kier alpha value is -1.99. The molecule has 7 nitrogen and oxygen atoms in total. The van der Waals surface area contributed by atoms with E-state index in [1.807, 2.05) is 0 Å². The van der Waals surface area contributed by atoms with Crippen LogP contribution in [0.1, 0.15) is 36.0 Å². The van der Waals surface area contributed by atoms with Gasteiger partial charge in [-0.25, -0.2) is 4.79 Å². The van der Waals surface area contributed by atoms with Gasteiger partial charge in [-0.15, -0.1) is 12.4 Å². The molecule has 2 aliphatic rings. The van der Waals surface area contributed by atoms with Crippen LogP contribution in [0.2, 0.25) is 0 Å². The number of rotatable bonds is 2. The van der Waals surface area contributed by atoms with Crippen molar-refractivity contribution in [1.82, 2.24) is 4.90 Å². The van der Waals surface area contributed by atoms with Crippen LogP contribution in [-0.4, -0.2) is 51.0 Å². The number of hydrogen-bond donors (Lipinski definition) is 3. The van der Waals surface area contributed by atoms with Crippen LogP contribution in [0, 0.1) is 0 Å². The highest BCUT2D eigenvalue weighted by Crippen LogP contribution is 2.36. The smallest absolute Gasteiger partial charge is 0.365 e. The molecule has 1 aromatic rings. The molecule has 2 bridgehead atoms. The summed E-state index contributed by atoms with van der Waals surface area (Å²) in [6.45, 7) is 0. The van der Waals surface area contributed by atoms with Gasteiger partial charge in [0.15, 0.2) is 17.2 Å². The summed E-state index contributed by atoms with van der Waals surface area (Å²) >= 11 is 0. The van der Waals surface area contributed by atoms with E-state index in [2.05, 4.69) is 17.1 Å². The van der Waals surface area contributed by atoms with E-state index in [9.17, 15) is 20.1 Å². The topological polar surface area (TPSA) is 103 Å². The average molecular weight is 343 g/mol. The predicted octanol–water partition coefficient (Wildman–Crippen LogP) is 1.99. The molecule has 3 N–H and O–H groups in total. The number of halogens is 1. The van der Waals surface area contributed by atoms with Gasteiger partial charge in [0.2, 0.25) is 0 Å². The molecule has 0 saturated carbocycles. The lowest BCUT2D eigenvalue weighted by Crippen LogP contribution is -2.40. The number of aromatic hydroxyl groups is 3. The summed E-state index contributed by atoms with van der Waals surface area (Å²) in [5.74, 6) is -2.63. The third-order valence-corrected chi connectivity index (χ3v) is 4.49. The summed E-state index contributed by atoms with van der Waals surface area (Å²) in [5.41, 5.74) is 0.777. The van der Waals surface area contributed by atoms with Crippen LogP contribution < -0.4 is 0 Å². The van der Waals surface area contributed by atoms with Crippen molar-refractivity contribution in [3.63, 3.8) is 0 Å². The molecule has 0 amide bonds. The highest BCUT2D eigenvalue weighted by Gasteiger charge is 2.37. The number of piperidine rings is 1. The third kappa shape index (κ3) is 3.35. The maximum atomic E-state index is 11.9. The Balaban J connectivity index is 0.00000192. The van der Waals surface area contributed by atoms with Gasteiger partial charge in [-0.3, -0.25) is 4.90 Å². The third-order valence-electron chi connectivity index (χ3n) is 4.49. The summed E-state index contributed by atoms with van der Waals surface area (Å²) in [6.07, 6.45) is 3.83. The Kier molecular flexibility index (Phi) is 5.01. The first-order valence-electron chi connectivity index (χ1n) is 7.19. The maximum Gasteiger partial charge on any atom is 0.365 e. The van der Waals surface area contributed by atoms with Crippen molar-refractivity contribution >= 4 is 24.1 Å². The van der Waals surface area contributed by atoms with E-state index in [0.717, 1.165) is 43.5 Å². The van der Waals surface area contributed by atoms with Crippen LogP contribution in [-0.2, 0) is 4.84 Å². The second kappa shape index (κ2) is 6.64. The minimum atomic E-state index is -0.788. The first-order chi connectivity index (χ1) is 10.5. The fourth-order valence-electron chi connectivity index (χ4n) is 3.16. The highest BCUT2D eigenvalue weighted by molar-refractivity contribution is 5.92. The van der Waals surface area contributed by atoms with Gasteiger partial charge in [0, 0.05) is 24.9 Å². The summed E-state index contributed by atoms with van der Waals surface area (Å²) in [4.78, 5) is 19.2. The lowest BCUT2D eigenvalue weighted by molar-refractivity contribution is 0.0509. The Morgan fingerprint density at radius 3 is 2.22 bits per heavy atom. The van der Waals surface area contributed by atoms with Gasteiger partial charge in [-0.1, -0.05) is 5.16 Å². The van der Waals surface area contributed by atoms with Crippen LogP contribution in [0.25, 0.3) is 0 Å². The first kappa shape index (κ1) is 17.4. The van der Waals surface area contributed by atoms with E-state index in [0.29, 0.717) is 12.1 Å². The summed E-state index contributed by atoms with van der Waals surface area (Å²) in [5, 5.41) is 32.0. The van der Waals surface area contributed by atoms with Crippen molar-refractivity contribution in [2.45, 2.75) is 37.8 Å². The Bertz CT molecular complexity index is 610. The zero-order valence-electron chi connectivity index (χ0n) is 12.6. The SMILES string of the molecule is CN1C2CCC1CC(=NOC(=O)c1cc(O)c(O)c(O)c1)C2.Cl. The van der Waals surface area contributed by atoms with Gasteiger partial charge in [0.05, 0.1) is 11.3 Å². The minimum absolute atomic E-state index is 0. The van der Waals surface area contributed by atoms with E-state index in [-0.39, 0.29) is 18.0 Å². The Labute approximate surface area is 139 Å². The number of nitrogens with zero attached hydrogens (tertiary/aromatic N) is 2. The molecule has 0 spiro atoms. The Morgan fingerprint density at radius 1 is 1.17 bits per heavy atom. The van der Waals surface area contributed by atoms with E-state index in [1.54, 1.807) is 0 Å². The number of phenols is 3. The summed E-state index contributed by atoms with van der Waals surface area (Å²) in [7, 11) is 2.10. The molecule has 2 heterocycles. The zero-order valence-corrected chi connectivity index (χ0v) is 13.4. The highest BCUT2D eigenvalue weighted by atomic mass is 35.5. The number of hydrogen-bond acceptors (Lipinski definition) is 7. The minimum Gasteiger partial charge on any atom is -0.504 e. The van der Waals surface area contributed by atoms with Crippen molar-refractivity contribution < 1.29 is 25.0 Å². The van der Waals surface area contributed by atoms with Gasteiger partial charge < -0.3 is 20.2 Å². The number of fused-ring (bicyclic) bond motifs is 2. The van der Waals surface area contributed by atoms with Gasteiger partial charge in [-0.05, 0) is 32.0 Å². The van der Waals surface area contributed by atoms with Crippen molar-refractivity contribution in [3.05, 3.63) is 17.7 Å². The number of phenolic OH excluding ortho intramolecular Hbond substituents is 3. The van der Waals surface area contributed by atoms with Crippen molar-refractivity contribution in [3.8, 4) is 17.2 Å². The van der Waals surface area contributed by atoms with Crippen LogP contribution in [0.3, 0.4) is 0 Å². The largest absolute Gasteiger partial charge is 0.504 e. The number of oxime groups is 1. The first-order valence-corrected chi connectivity index (χ1v) is 7.19. The van der Waals surface area contributed by atoms with Gasteiger partial charge in [-0.2, -0.15) is 0 Å². The normalized spacial score (nSPS) is 23.3. The molecule has 1 aromatic carbocycles. The quantitative estimate of drug-likeness (QED) is 0.431. The molecule has 2 fully saturated rings. The molecule has 8 heteroatoms. The van der Waals surface area contributed by atoms with Gasteiger partial charge in [0.1, 0.15) is 0 Å². The maximum absolute atomic E-state index is 11.9. The molecular formula is C15H19ClN2O5. The fraction of sp³-hybridized carbons (Fsp3) is 0.467. The van der Waals surface area contributed by atoms with Crippen molar-refractivity contribution in [2.75, 3.05) is 7.05 Å². The van der Waals surface area contributed by atoms with Gasteiger partial charge in [0.25, 0.3) is 0 Å². The van der Waals surface area contributed by atoms with Crippen molar-refractivity contribution in [1.29, 1.82) is 0 Å². The molecule has 2 atom stereocenters. The average Bonchev–Trinajstić information content (AvgIpc) is 2.72. The molecule has 2 aliphatic heterocycles. The number of carbonyl (C=O) groups is 1. The molecule has 2 saturated heterocycles. The molecular weight excluding hydrogens is 324 g/mol. The Morgan fingerprint density at radius 2 is 1.70 bits per heavy atom. The van der Waals surface area contributed by atoms with Gasteiger partial charge >= 0.3 is 5.97 Å². The second-order valence-electron chi connectivity index (χ2n) is 5.86. The van der Waals surface area contributed by atoms with Crippen LogP contribution >= 0.6 is 12.4 Å². The van der Waals surface area contributed by atoms with E-state index in [4.69, 9.17) is 4.84 Å². The molecule has 126 valence electrons. The second-order valence-corrected chi connectivity index (χ2v) is 5.86. The molecule has 2 unspecified atom stereocenters. The van der Waals surface area contributed by atoms with E-state index >= 15 is 0 Å². The summed E-state index contributed by atoms with van der Waals surface area (Å²) in [6, 6.07) is 2.96. The molecule has 0 radical (unpaired) electrons. The van der Waals surface area contributed by atoms with Crippen molar-refractivity contribution in [2.24, 2.45) is 5.16 Å². The van der Waals surface area contributed by atoms with E-state index in [1.165, 1.54) is 0 Å². The van der Waals surface area contributed by atoms with E-state index < -0.39 is 23.2 Å². The molecule has 0 aromatic heterocycles. The lowest BCUT2D eigenvalue weighted by Gasteiger charge is -2.31. The predicted molar refractivity (Wildman–Crippen MR) is 85.3 cm³/mol. The molecule has 3 rings (SSSR count). The van der Waals surface area contributed by atoms with Crippen LogP contribution in [0.5, 0.6) is 17.2 Å². The molecule has 0 aliphatic carbocycles.